The Hall–Kier alpha value is -2.16. The van der Waals surface area contributed by atoms with Gasteiger partial charge in [0, 0.05) is 35.4 Å². The molecular weight excluding hydrogens is 439 g/mol. The molecule has 1 aromatic rings. The standard InChI is InChI=1S/C27H45BN4O3/c1-24(2)16-19(17-25(3,4)31-24)32(9)23(30)14-13-21(29)20-12-11-18(15-22(20)33-10)28-34-26(5,6)27(7,8)35-28/h11-15,19,31H,16-17,29-30H2,1-10H3/b21-13-,23-14+. The van der Waals surface area contributed by atoms with Gasteiger partial charge in [-0.2, -0.15) is 0 Å². The fraction of sp³-hybridized carbons (Fsp3) is 0.630. The molecular formula is C27H45BN4O3. The molecule has 0 aromatic heterocycles. The third-order valence-corrected chi connectivity index (χ3v) is 7.62. The number of nitrogens with one attached hydrogen (secondary N) is 1. The molecule has 1 aromatic carbocycles. The number of nitrogens with two attached hydrogens (primary N) is 2. The zero-order chi connectivity index (χ0) is 26.4. The molecule has 8 heteroatoms. The van der Waals surface area contributed by atoms with Crippen LogP contribution in [0, 0.1) is 0 Å². The van der Waals surface area contributed by atoms with Crippen molar-refractivity contribution in [2.45, 2.75) is 96.6 Å². The van der Waals surface area contributed by atoms with Gasteiger partial charge in [0.15, 0.2) is 0 Å². The van der Waals surface area contributed by atoms with Crippen LogP contribution in [0.1, 0.15) is 73.8 Å². The summed E-state index contributed by atoms with van der Waals surface area (Å²) < 4.78 is 18.0. The third-order valence-electron chi connectivity index (χ3n) is 7.62. The molecule has 3 rings (SSSR count). The summed E-state index contributed by atoms with van der Waals surface area (Å²) in [5.74, 6) is 1.34. The van der Waals surface area contributed by atoms with E-state index in [1.165, 1.54) is 0 Å². The Balaban J connectivity index is 1.79. The molecule has 5 N–H and O–H groups in total. The molecule has 194 valence electrons. The smallest absolute Gasteiger partial charge is 0.494 e. The van der Waals surface area contributed by atoms with Crippen LogP contribution in [0.4, 0.5) is 0 Å². The van der Waals surface area contributed by atoms with Crippen molar-refractivity contribution < 1.29 is 14.0 Å². The van der Waals surface area contributed by atoms with Gasteiger partial charge in [0.25, 0.3) is 0 Å². The summed E-state index contributed by atoms with van der Waals surface area (Å²) in [5, 5.41) is 3.72. The zero-order valence-corrected chi connectivity index (χ0v) is 23.3. The van der Waals surface area contributed by atoms with Gasteiger partial charge in [-0.05, 0) is 98.0 Å². The summed E-state index contributed by atoms with van der Waals surface area (Å²) in [7, 11) is 3.23. The van der Waals surface area contributed by atoms with E-state index in [0.29, 0.717) is 23.3 Å². The second-order valence-electron chi connectivity index (χ2n) is 12.3. The lowest BCUT2D eigenvalue weighted by Gasteiger charge is -2.49. The average molecular weight is 484 g/mol. The minimum Gasteiger partial charge on any atom is -0.496 e. The molecule has 0 radical (unpaired) electrons. The number of nitrogens with zero attached hydrogens (tertiary/aromatic N) is 1. The number of benzene rings is 1. The van der Waals surface area contributed by atoms with Crippen molar-refractivity contribution in [2.24, 2.45) is 11.5 Å². The van der Waals surface area contributed by atoms with E-state index in [1.807, 2.05) is 58.0 Å². The summed E-state index contributed by atoms with van der Waals surface area (Å²) in [6.45, 7) is 17.1. The predicted molar refractivity (Wildman–Crippen MR) is 145 cm³/mol. The molecule has 2 heterocycles. The second kappa shape index (κ2) is 9.38. The van der Waals surface area contributed by atoms with Crippen molar-refractivity contribution in [3.63, 3.8) is 0 Å². The highest BCUT2D eigenvalue weighted by Crippen LogP contribution is 2.37. The zero-order valence-electron chi connectivity index (χ0n) is 23.3. The average Bonchev–Trinajstić information content (AvgIpc) is 2.95. The van der Waals surface area contributed by atoms with Gasteiger partial charge in [-0.1, -0.05) is 6.07 Å². The summed E-state index contributed by atoms with van der Waals surface area (Å²) >= 11 is 0. The second-order valence-corrected chi connectivity index (χ2v) is 12.3. The Labute approximate surface area is 212 Å². The first kappa shape index (κ1) is 27.4. The Kier molecular flexibility index (Phi) is 7.35. The maximum atomic E-state index is 6.48. The van der Waals surface area contributed by atoms with E-state index in [2.05, 4.69) is 45.0 Å². The van der Waals surface area contributed by atoms with Crippen LogP contribution >= 0.6 is 0 Å². The number of allylic oxidation sites excluding steroid dienone is 2. The number of methoxy groups -OCH3 is 1. The maximum absolute atomic E-state index is 6.48. The lowest BCUT2D eigenvalue weighted by Crippen LogP contribution is -2.61. The number of piperidine rings is 1. The molecule has 2 saturated heterocycles. The SMILES string of the molecule is COc1cc(B2OC(C)(C)C(C)(C)O2)ccc1/C(N)=C/C=C(\N)N(C)C1CC(C)(C)NC(C)(C)C1. The Bertz CT molecular complexity index is 968. The summed E-state index contributed by atoms with van der Waals surface area (Å²) in [4.78, 5) is 2.16. The minimum atomic E-state index is -0.462. The van der Waals surface area contributed by atoms with Crippen LogP contribution in [0.25, 0.3) is 5.70 Å². The normalized spacial score (nSPS) is 23.9. The number of rotatable bonds is 6. The molecule has 7 nitrogen and oxygen atoms in total. The molecule has 0 bridgehead atoms. The van der Waals surface area contributed by atoms with Crippen LogP contribution in [0.15, 0.2) is 36.2 Å². The first-order valence-corrected chi connectivity index (χ1v) is 12.5. The van der Waals surface area contributed by atoms with Crippen LogP contribution in [0.3, 0.4) is 0 Å². The molecule has 35 heavy (non-hydrogen) atoms. The van der Waals surface area contributed by atoms with Crippen molar-refractivity contribution in [1.29, 1.82) is 0 Å². The van der Waals surface area contributed by atoms with Crippen LogP contribution in [-0.2, 0) is 9.31 Å². The maximum Gasteiger partial charge on any atom is 0.494 e. The van der Waals surface area contributed by atoms with Crippen molar-refractivity contribution in [3.05, 3.63) is 41.7 Å². The molecule has 0 amide bonds. The summed E-state index contributed by atoms with van der Waals surface area (Å²) in [6, 6.07) is 6.17. The highest BCUT2D eigenvalue weighted by molar-refractivity contribution is 6.62. The van der Waals surface area contributed by atoms with Gasteiger partial charge in [0.05, 0.1) is 24.1 Å². The number of hydrogen-bond donors (Lipinski definition) is 3. The topological polar surface area (TPSA) is 95.0 Å². The van der Waals surface area contributed by atoms with Crippen LogP contribution < -0.4 is 27.0 Å². The molecule has 0 spiro atoms. The van der Waals surface area contributed by atoms with E-state index in [4.69, 9.17) is 25.5 Å². The Morgan fingerprint density at radius 2 is 1.54 bits per heavy atom. The number of ether oxygens (including phenoxy) is 1. The molecule has 0 unspecified atom stereocenters. The minimum absolute atomic E-state index is 0.0438. The van der Waals surface area contributed by atoms with E-state index in [9.17, 15) is 0 Å². The predicted octanol–water partition coefficient (Wildman–Crippen LogP) is 3.34. The quantitative estimate of drug-likeness (QED) is 0.421. The van der Waals surface area contributed by atoms with E-state index in [-0.39, 0.29) is 11.1 Å². The summed E-state index contributed by atoms with van der Waals surface area (Å²) in [6.07, 6.45) is 5.73. The third kappa shape index (κ3) is 5.98. The Morgan fingerprint density at radius 3 is 2.06 bits per heavy atom. The lowest BCUT2D eigenvalue weighted by molar-refractivity contribution is 0.00578. The fourth-order valence-electron chi connectivity index (χ4n) is 5.21. The molecule has 2 fully saturated rings. The monoisotopic (exact) mass is 484 g/mol. The first-order chi connectivity index (χ1) is 16.0. The van der Waals surface area contributed by atoms with Gasteiger partial charge < -0.3 is 35.7 Å². The molecule has 0 saturated carbocycles. The molecule has 0 atom stereocenters. The van der Waals surface area contributed by atoms with E-state index in [0.717, 1.165) is 23.9 Å². The van der Waals surface area contributed by atoms with Crippen LogP contribution in [0.5, 0.6) is 5.75 Å². The van der Waals surface area contributed by atoms with E-state index in [1.54, 1.807) is 7.11 Å². The van der Waals surface area contributed by atoms with Crippen molar-refractivity contribution >= 4 is 18.3 Å². The van der Waals surface area contributed by atoms with Crippen molar-refractivity contribution in [3.8, 4) is 5.75 Å². The molecule has 0 aliphatic carbocycles. The largest absolute Gasteiger partial charge is 0.496 e. The van der Waals surface area contributed by atoms with E-state index >= 15 is 0 Å². The lowest BCUT2D eigenvalue weighted by atomic mass is 9.78. The van der Waals surface area contributed by atoms with Crippen LogP contribution in [0.2, 0.25) is 0 Å². The van der Waals surface area contributed by atoms with Crippen molar-refractivity contribution in [1.82, 2.24) is 10.2 Å². The molecule has 2 aliphatic heterocycles. The molecule has 2 aliphatic rings. The van der Waals surface area contributed by atoms with Crippen LogP contribution in [-0.4, -0.2) is 54.5 Å². The first-order valence-electron chi connectivity index (χ1n) is 12.5. The van der Waals surface area contributed by atoms with Gasteiger partial charge >= 0.3 is 7.12 Å². The van der Waals surface area contributed by atoms with Gasteiger partial charge in [-0.3, -0.25) is 0 Å². The Morgan fingerprint density at radius 1 is 1.00 bits per heavy atom. The van der Waals surface area contributed by atoms with Crippen molar-refractivity contribution in [2.75, 3.05) is 14.2 Å². The van der Waals surface area contributed by atoms with Gasteiger partial charge in [-0.15, -0.1) is 0 Å². The van der Waals surface area contributed by atoms with Gasteiger partial charge in [0.1, 0.15) is 5.75 Å². The van der Waals surface area contributed by atoms with Gasteiger partial charge in [-0.25, -0.2) is 0 Å². The number of hydrogen-bond acceptors (Lipinski definition) is 7. The van der Waals surface area contributed by atoms with Gasteiger partial charge in [0.2, 0.25) is 0 Å². The highest BCUT2D eigenvalue weighted by atomic mass is 16.7. The fourth-order valence-corrected chi connectivity index (χ4v) is 5.21. The summed E-state index contributed by atoms with van der Waals surface area (Å²) in [5.41, 5.74) is 14.5. The highest BCUT2D eigenvalue weighted by Gasteiger charge is 2.51. The van der Waals surface area contributed by atoms with E-state index < -0.39 is 18.3 Å².